The maximum absolute atomic E-state index is 12.9. The highest BCUT2D eigenvalue weighted by Crippen LogP contribution is 2.22. The van der Waals surface area contributed by atoms with Gasteiger partial charge in [-0.3, -0.25) is 9.59 Å². The Kier molecular flexibility index (Phi) is 5.12. The highest BCUT2D eigenvalue weighted by molar-refractivity contribution is 7.89. The molecule has 158 valence electrons. The number of rotatable bonds is 5. The molecular formula is C20H23N5O4S. The van der Waals surface area contributed by atoms with Crippen LogP contribution >= 0.6 is 0 Å². The van der Waals surface area contributed by atoms with Crippen LogP contribution in [0, 0.1) is 0 Å². The van der Waals surface area contributed by atoms with Gasteiger partial charge in [0.15, 0.2) is 0 Å². The molecule has 3 N–H and O–H groups in total. The third-order valence-electron chi connectivity index (χ3n) is 5.48. The van der Waals surface area contributed by atoms with Gasteiger partial charge in [-0.25, -0.2) is 8.42 Å². The van der Waals surface area contributed by atoms with Gasteiger partial charge in [0, 0.05) is 56.5 Å². The Bertz CT molecular complexity index is 1220. The first-order valence-corrected chi connectivity index (χ1v) is 11.0. The van der Waals surface area contributed by atoms with Gasteiger partial charge in [0.2, 0.25) is 15.9 Å². The lowest BCUT2D eigenvalue weighted by atomic mass is 10.1. The number of nitrogens with zero attached hydrogens (tertiary/aromatic N) is 3. The summed E-state index contributed by atoms with van der Waals surface area (Å²) < 4.78 is 28.5. The van der Waals surface area contributed by atoms with Crippen molar-refractivity contribution in [1.29, 1.82) is 0 Å². The lowest BCUT2D eigenvalue weighted by Crippen LogP contribution is -2.50. The van der Waals surface area contributed by atoms with Gasteiger partial charge < -0.3 is 20.2 Å². The predicted molar refractivity (Wildman–Crippen MR) is 111 cm³/mol. The summed E-state index contributed by atoms with van der Waals surface area (Å²) in [5.41, 5.74) is 7.31. The molecule has 0 radical (unpaired) electrons. The van der Waals surface area contributed by atoms with Gasteiger partial charge in [-0.05, 0) is 17.7 Å². The molecule has 0 spiro atoms. The molecule has 0 unspecified atom stereocenters. The van der Waals surface area contributed by atoms with Gasteiger partial charge in [0.25, 0.3) is 5.91 Å². The molecule has 4 rings (SSSR count). The number of piperazine rings is 1. The number of aromatic amines is 1. The van der Waals surface area contributed by atoms with E-state index in [-0.39, 0.29) is 36.0 Å². The molecule has 10 heteroatoms. The number of sulfonamides is 1. The molecule has 30 heavy (non-hydrogen) atoms. The molecule has 1 saturated heterocycles. The lowest BCUT2D eigenvalue weighted by Gasteiger charge is -2.33. The zero-order chi connectivity index (χ0) is 21.5. The van der Waals surface area contributed by atoms with E-state index in [0.29, 0.717) is 13.1 Å². The number of amides is 2. The molecule has 2 aromatic heterocycles. The Morgan fingerprint density at radius 3 is 2.50 bits per heavy atom. The van der Waals surface area contributed by atoms with Crippen molar-refractivity contribution in [1.82, 2.24) is 18.8 Å². The van der Waals surface area contributed by atoms with Crippen molar-refractivity contribution >= 4 is 32.7 Å². The molecule has 2 amide bonds. The Labute approximate surface area is 174 Å². The average molecular weight is 430 g/mol. The van der Waals surface area contributed by atoms with E-state index in [9.17, 15) is 18.0 Å². The second kappa shape index (κ2) is 7.62. The average Bonchev–Trinajstić information content (AvgIpc) is 3.32. The number of aryl methyl sites for hydroxylation is 1. The topological polar surface area (TPSA) is 122 Å². The summed E-state index contributed by atoms with van der Waals surface area (Å²) in [5, 5.41) is 1.02. The molecule has 0 atom stereocenters. The van der Waals surface area contributed by atoms with Crippen LogP contribution in [0.1, 0.15) is 16.1 Å². The molecule has 0 saturated carbocycles. The van der Waals surface area contributed by atoms with Crippen molar-refractivity contribution < 1.29 is 18.0 Å². The highest BCUT2D eigenvalue weighted by atomic mass is 32.2. The number of hydrogen-bond donors (Lipinski definition) is 2. The first-order chi connectivity index (χ1) is 14.3. The van der Waals surface area contributed by atoms with Crippen molar-refractivity contribution in [3.05, 3.63) is 54.0 Å². The van der Waals surface area contributed by atoms with Gasteiger partial charge in [-0.2, -0.15) is 4.31 Å². The number of para-hydroxylation sites is 1. The van der Waals surface area contributed by atoms with Crippen molar-refractivity contribution in [2.75, 3.05) is 26.2 Å². The van der Waals surface area contributed by atoms with Crippen LogP contribution in [-0.4, -0.2) is 65.2 Å². The van der Waals surface area contributed by atoms with E-state index < -0.39 is 15.9 Å². The number of hydrogen-bond acceptors (Lipinski definition) is 4. The van der Waals surface area contributed by atoms with Crippen molar-refractivity contribution in [3.63, 3.8) is 0 Å². The summed E-state index contributed by atoms with van der Waals surface area (Å²) in [6, 6.07) is 9.08. The number of carbonyl (C=O) groups excluding carboxylic acids is 2. The molecule has 1 aliphatic heterocycles. The van der Waals surface area contributed by atoms with Gasteiger partial charge >= 0.3 is 0 Å². The summed E-state index contributed by atoms with van der Waals surface area (Å²) in [4.78, 5) is 29.0. The molecule has 1 aliphatic rings. The predicted octanol–water partition coefficient (Wildman–Crippen LogP) is 0.681. The standard InChI is InChI=1S/C20H23N5O4S/c1-23-13-15(11-18(23)20(21)27)30(28,29)25-8-6-24(7-9-25)19(26)10-14-12-22-17-5-3-2-4-16(14)17/h2-5,11-13,22H,6-10H2,1H3,(H2,21,27). The van der Waals surface area contributed by atoms with Crippen LogP contribution in [0.3, 0.4) is 0 Å². The number of fused-ring (bicyclic) bond motifs is 1. The van der Waals surface area contributed by atoms with E-state index in [0.717, 1.165) is 16.5 Å². The Balaban J connectivity index is 1.42. The molecule has 3 aromatic rings. The minimum Gasteiger partial charge on any atom is -0.364 e. The van der Waals surface area contributed by atoms with E-state index in [1.54, 1.807) is 11.9 Å². The van der Waals surface area contributed by atoms with E-state index in [4.69, 9.17) is 5.73 Å². The highest BCUT2D eigenvalue weighted by Gasteiger charge is 2.31. The van der Waals surface area contributed by atoms with Crippen LogP contribution in [0.4, 0.5) is 0 Å². The normalized spacial score (nSPS) is 15.6. The zero-order valence-corrected chi connectivity index (χ0v) is 17.4. The molecule has 3 heterocycles. The third kappa shape index (κ3) is 3.59. The van der Waals surface area contributed by atoms with Gasteiger partial charge in [0.1, 0.15) is 10.6 Å². The van der Waals surface area contributed by atoms with Crippen LogP contribution in [-0.2, 0) is 28.3 Å². The second-order valence-electron chi connectivity index (χ2n) is 7.36. The van der Waals surface area contributed by atoms with Crippen LogP contribution in [0.5, 0.6) is 0 Å². The minimum atomic E-state index is -3.76. The van der Waals surface area contributed by atoms with Gasteiger partial charge in [-0.15, -0.1) is 0 Å². The van der Waals surface area contributed by atoms with Crippen LogP contribution in [0.25, 0.3) is 10.9 Å². The fourth-order valence-corrected chi connectivity index (χ4v) is 5.29. The number of H-pyrrole nitrogens is 1. The van der Waals surface area contributed by atoms with Crippen LogP contribution in [0.2, 0.25) is 0 Å². The van der Waals surface area contributed by atoms with Gasteiger partial charge in [-0.1, -0.05) is 18.2 Å². The summed E-state index contributed by atoms with van der Waals surface area (Å²) in [6.07, 6.45) is 3.48. The van der Waals surface area contributed by atoms with E-state index in [2.05, 4.69) is 4.98 Å². The summed E-state index contributed by atoms with van der Waals surface area (Å²) >= 11 is 0. The molecular weight excluding hydrogens is 406 g/mol. The summed E-state index contributed by atoms with van der Waals surface area (Å²) in [7, 11) is -2.19. The first kappa shape index (κ1) is 20.2. The zero-order valence-electron chi connectivity index (χ0n) is 16.5. The number of nitrogens with one attached hydrogen (secondary N) is 1. The molecule has 0 bridgehead atoms. The molecule has 1 fully saturated rings. The van der Waals surface area contributed by atoms with Crippen LogP contribution in [0.15, 0.2) is 47.6 Å². The SMILES string of the molecule is Cn1cc(S(=O)(=O)N2CCN(C(=O)Cc3c[nH]c4ccccc34)CC2)cc1C(N)=O. The number of aromatic nitrogens is 2. The van der Waals surface area contributed by atoms with Gasteiger partial charge in [0.05, 0.1) is 6.42 Å². The maximum atomic E-state index is 12.9. The van der Waals surface area contributed by atoms with Crippen molar-refractivity contribution in [3.8, 4) is 0 Å². The Morgan fingerprint density at radius 2 is 1.83 bits per heavy atom. The quantitative estimate of drug-likeness (QED) is 0.619. The third-order valence-corrected chi connectivity index (χ3v) is 7.34. The smallest absolute Gasteiger partial charge is 0.265 e. The minimum absolute atomic E-state index is 0.0253. The number of benzene rings is 1. The maximum Gasteiger partial charge on any atom is 0.265 e. The van der Waals surface area contributed by atoms with E-state index in [1.165, 1.54) is 21.1 Å². The monoisotopic (exact) mass is 429 g/mol. The fourth-order valence-electron chi connectivity index (χ4n) is 3.80. The largest absolute Gasteiger partial charge is 0.364 e. The number of primary amides is 1. The number of carbonyl (C=O) groups is 2. The van der Waals surface area contributed by atoms with E-state index >= 15 is 0 Å². The Hall–Kier alpha value is -3.11. The van der Waals surface area contributed by atoms with E-state index in [1.807, 2.05) is 30.5 Å². The fraction of sp³-hybridized carbons (Fsp3) is 0.300. The molecule has 1 aromatic carbocycles. The summed E-state index contributed by atoms with van der Waals surface area (Å²) in [5.74, 6) is -0.723. The second-order valence-corrected chi connectivity index (χ2v) is 9.30. The number of nitrogens with two attached hydrogens (primary N) is 1. The van der Waals surface area contributed by atoms with Crippen molar-refractivity contribution in [2.24, 2.45) is 12.8 Å². The Morgan fingerprint density at radius 1 is 1.13 bits per heavy atom. The first-order valence-electron chi connectivity index (χ1n) is 9.56. The molecule has 0 aliphatic carbocycles. The lowest BCUT2D eigenvalue weighted by molar-refractivity contribution is -0.131. The van der Waals surface area contributed by atoms with Crippen LogP contribution < -0.4 is 5.73 Å². The molecule has 9 nitrogen and oxygen atoms in total. The summed E-state index contributed by atoms with van der Waals surface area (Å²) in [6.45, 7) is 1.03. The van der Waals surface area contributed by atoms with Crippen molar-refractivity contribution in [2.45, 2.75) is 11.3 Å².